The van der Waals surface area contributed by atoms with Gasteiger partial charge in [0.1, 0.15) is 17.2 Å². The molecule has 0 spiro atoms. The minimum atomic E-state index is -1.11. The highest BCUT2D eigenvalue weighted by Gasteiger charge is 2.25. The molecule has 7 nitrogen and oxygen atoms in total. The van der Waals surface area contributed by atoms with Crippen molar-refractivity contribution in [3.8, 4) is 0 Å². The van der Waals surface area contributed by atoms with Gasteiger partial charge in [0.2, 0.25) is 5.91 Å². The number of carbonyl (C=O) groups excluding carboxylic acids is 1. The molecule has 30 heavy (non-hydrogen) atoms. The zero-order chi connectivity index (χ0) is 22.4. The number of carboxylic acid groups (broad SMARTS) is 1. The van der Waals surface area contributed by atoms with Crippen LogP contribution >= 0.6 is 0 Å². The number of benzene rings is 1. The summed E-state index contributed by atoms with van der Waals surface area (Å²) in [5.74, 6) is -1.94. The average Bonchev–Trinajstić information content (AvgIpc) is 3.04. The van der Waals surface area contributed by atoms with E-state index in [1.54, 1.807) is 33.1 Å². The van der Waals surface area contributed by atoms with Gasteiger partial charge >= 0.3 is 11.6 Å². The van der Waals surface area contributed by atoms with Crippen LogP contribution in [0.5, 0.6) is 0 Å². The van der Waals surface area contributed by atoms with Crippen LogP contribution in [0, 0.1) is 12.8 Å². The molecule has 0 saturated heterocycles. The third kappa shape index (κ3) is 3.97. The van der Waals surface area contributed by atoms with Gasteiger partial charge in [-0.3, -0.25) is 4.79 Å². The van der Waals surface area contributed by atoms with Crippen molar-refractivity contribution in [1.29, 1.82) is 0 Å². The van der Waals surface area contributed by atoms with Crippen molar-refractivity contribution in [3.05, 3.63) is 45.5 Å². The molecule has 3 rings (SSSR count). The van der Waals surface area contributed by atoms with Crippen LogP contribution in [0.3, 0.4) is 0 Å². The molecule has 7 heteroatoms. The van der Waals surface area contributed by atoms with Gasteiger partial charge in [0, 0.05) is 22.4 Å². The van der Waals surface area contributed by atoms with Crippen LogP contribution in [0.15, 0.2) is 32.0 Å². The molecule has 0 saturated carbocycles. The maximum atomic E-state index is 12.5. The fourth-order valence-electron chi connectivity index (χ4n) is 3.59. The van der Waals surface area contributed by atoms with Crippen molar-refractivity contribution in [3.63, 3.8) is 0 Å². The Hall–Kier alpha value is -3.09. The smallest absolute Gasteiger partial charge is 0.340 e. The SMILES string of the molecule is Cc1c(CC(=O)NC(C(=O)O)C(C)C)c(=O)oc2cc3occ(C(C)(C)C)c3cc12. The molecular weight excluding hydrogens is 386 g/mol. The van der Waals surface area contributed by atoms with E-state index in [1.807, 2.05) is 6.07 Å². The molecule has 0 bridgehead atoms. The first-order valence-electron chi connectivity index (χ1n) is 9.90. The Kier molecular flexibility index (Phi) is 5.50. The number of rotatable bonds is 5. The van der Waals surface area contributed by atoms with Gasteiger partial charge in [-0.25, -0.2) is 9.59 Å². The van der Waals surface area contributed by atoms with Gasteiger partial charge in [0.05, 0.1) is 18.2 Å². The van der Waals surface area contributed by atoms with Crippen LogP contribution in [0.1, 0.15) is 51.3 Å². The van der Waals surface area contributed by atoms with Crippen molar-refractivity contribution in [2.75, 3.05) is 0 Å². The molecule has 3 aromatic rings. The normalized spacial score (nSPS) is 13.2. The average molecular weight is 413 g/mol. The summed E-state index contributed by atoms with van der Waals surface area (Å²) in [5, 5.41) is 13.4. The summed E-state index contributed by atoms with van der Waals surface area (Å²) in [6, 6.07) is 2.59. The highest BCUT2D eigenvalue weighted by Crippen LogP contribution is 2.35. The molecule has 0 aliphatic heterocycles. The van der Waals surface area contributed by atoms with Crippen molar-refractivity contribution in [2.24, 2.45) is 5.92 Å². The summed E-state index contributed by atoms with van der Waals surface area (Å²) in [6.45, 7) is 11.4. The maximum absolute atomic E-state index is 12.5. The molecule has 2 heterocycles. The molecule has 2 aromatic heterocycles. The molecule has 2 N–H and O–H groups in total. The number of aliphatic carboxylic acids is 1. The fraction of sp³-hybridized carbons (Fsp3) is 0.435. The van der Waals surface area contributed by atoms with E-state index < -0.39 is 23.5 Å². The fourth-order valence-corrected chi connectivity index (χ4v) is 3.59. The number of furan rings is 1. The van der Waals surface area contributed by atoms with E-state index in [0.717, 1.165) is 16.3 Å². The molecule has 160 valence electrons. The van der Waals surface area contributed by atoms with E-state index >= 15 is 0 Å². The predicted octanol–water partition coefficient (Wildman–Crippen LogP) is 3.91. The number of hydrogen-bond donors (Lipinski definition) is 2. The second-order valence-corrected chi connectivity index (χ2v) is 9.04. The van der Waals surface area contributed by atoms with E-state index in [4.69, 9.17) is 8.83 Å². The largest absolute Gasteiger partial charge is 0.480 e. The summed E-state index contributed by atoms with van der Waals surface area (Å²) in [7, 11) is 0. The molecule has 0 aliphatic rings. The van der Waals surface area contributed by atoms with Crippen LogP contribution < -0.4 is 10.9 Å². The van der Waals surface area contributed by atoms with Gasteiger partial charge < -0.3 is 19.3 Å². The van der Waals surface area contributed by atoms with Crippen molar-refractivity contribution >= 4 is 33.8 Å². The van der Waals surface area contributed by atoms with Crippen LogP contribution in [0.25, 0.3) is 21.9 Å². The standard InChI is InChI=1S/C23H27NO6/c1-11(2)20(21(26)27)24-19(25)8-14-12(3)13-7-15-16(23(4,5)6)10-29-17(15)9-18(13)30-22(14)28/h7,9-11,20H,8H2,1-6H3,(H,24,25)(H,26,27). The quantitative estimate of drug-likeness (QED) is 0.614. The lowest BCUT2D eigenvalue weighted by atomic mass is 9.86. The highest BCUT2D eigenvalue weighted by atomic mass is 16.4. The highest BCUT2D eigenvalue weighted by molar-refractivity contribution is 5.97. The summed E-state index contributed by atoms with van der Waals surface area (Å²) in [6.07, 6.45) is 1.46. The second-order valence-electron chi connectivity index (χ2n) is 9.04. The molecule has 0 radical (unpaired) electrons. The first-order chi connectivity index (χ1) is 13.9. The number of nitrogens with one attached hydrogen (secondary N) is 1. The molecule has 1 amide bonds. The topological polar surface area (TPSA) is 110 Å². The summed E-state index contributed by atoms with van der Waals surface area (Å²) in [4.78, 5) is 36.4. The Morgan fingerprint density at radius 1 is 1.13 bits per heavy atom. The molecule has 0 aliphatic carbocycles. The van der Waals surface area contributed by atoms with Crippen LogP contribution in [0.4, 0.5) is 0 Å². The van der Waals surface area contributed by atoms with Gasteiger partial charge in [0.15, 0.2) is 0 Å². The number of carbonyl (C=O) groups is 2. The minimum absolute atomic E-state index is 0.131. The Labute approximate surface area is 174 Å². The van der Waals surface area contributed by atoms with E-state index in [9.17, 15) is 19.5 Å². The number of hydrogen-bond acceptors (Lipinski definition) is 5. The van der Waals surface area contributed by atoms with Crippen LogP contribution in [0.2, 0.25) is 0 Å². The minimum Gasteiger partial charge on any atom is -0.480 e. The van der Waals surface area contributed by atoms with Crippen LogP contribution in [-0.2, 0) is 21.4 Å². The second kappa shape index (κ2) is 7.63. The molecule has 1 aromatic carbocycles. The third-order valence-corrected chi connectivity index (χ3v) is 5.38. The molecule has 1 atom stereocenters. The number of aryl methyl sites for hydroxylation is 1. The van der Waals surface area contributed by atoms with Crippen molar-refractivity contribution < 1.29 is 23.5 Å². The van der Waals surface area contributed by atoms with Gasteiger partial charge in [-0.15, -0.1) is 0 Å². The molecule has 1 unspecified atom stereocenters. The Morgan fingerprint density at radius 3 is 2.37 bits per heavy atom. The van der Waals surface area contributed by atoms with E-state index in [1.165, 1.54) is 0 Å². The predicted molar refractivity (Wildman–Crippen MR) is 114 cm³/mol. The van der Waals surface area contributed by atoms with Gasteiger partial charge in [0.25, 0.3) is 0 Å². The van der Waals surface area contributed by atoms with E-state index in [0.29, 0.717) is 16.7 Å². The molecular formula is C23H27NO6. The lowest BCUT2D eigenvalue weighted by molar-refractivity contribution is -0.143. The van der Waals surface area contributed by atoms with Gasteiger partial charge in [-0.1, -0.05) is 34.6 Å². The number of fused-ring (bicyclic) bond motifs is 2. The number of carboxylic acids is 1. The zero-order valence-corrected chi connectivity index (χ0v) is 18.1. The number of amides is 1. The van der Waals surface area contributed by atoms with E-state index in [2.05, 4.69) is 26.1 Å². The Bertz CT molecular complexity index is 1190. The Morgan fingerprint density at radius 2 is 1.80 bits per heavy atom. The van der Waals surface area contributed by atoms with E-state index in [-0.39, 0.29) is 23.3 Å². The monoisotopic (exact) mass is 413 g/mol. The first-order valence-corrected chi connectivity index (χ1v) is 9.90. The molecule has 0 fully saturated rings. The lowest BCUT2D eigenvalue weighted by Gasteiger charge is -2.18. The zero-order valence-electron chi connectivity index (χ0n) is 18.1. The van der Waals surface area contributed by atoms with Gasteiger partial charge in [-0.05, 0) is 29.9 Å². The summed E-state index contributed by atoms with van der Waals surface area (Å²) in [5.41, 5.74) is 2.15. The summed E-state index contributed by atoms with van der Waals surface area (Å²) >= 11 is 0. The third-order valence-electron chi connectivity index (χ3n) is 5.38. The van der Waals surface area contributed by atoms with Crippen molar-refractivity contribution in [2.45, 2.75) is 59.4 Å². The lowest BCUT2D eigenvalue weighted by Crippen LogP contribution is -2.45. The first kappa shape index (κ1) is 21.6. The van der Waals surface area contributed by atoms with Crippen LogP contribution in [-0.4, -0.2) is 23.0 Å². The Balaban J connectivity index is 2.05. The summed E-state index contributed by atoms with van der Waals surface area (Å²) < 4.78 is 11.1. The van der Waals surface area contributed by atoms with Gasteiger partial charge in [-0.2, -0.15) is 0 Å². The van der Waals surface area contributed by atoms with Crippen molar-refractivity contribution in [1.82, 2.24) is 5.32 Å². The maximum Gasteiger partial charge on any atom is 0.340 e.